The lowest BCUT2D eigenvalue weighted by Gasteiger charge is -2.03. The number of nitrogens with one attached hydrogen (secondary N) is 3. The van der Waals surface area contributed by atoms with Gasteiger partial charge in [-0.3, -0.25) is 19.7 Å². The van der Waals surface area contributed by atoms with Crippen molar-refractivity contribution in [1.29, 1.82) is 0 Å². The van der Waals surface area contributed by atoms with Gasteiger partial charge in [-0.2, -0.15) is 0 Å². The minimum Gasteiger partial charge on any atom is -0.352 e. The monoisotopic (exact) mass is 440 g/mol. The molecule has 0 atom stereocenters. The highest BCUT2D eigenvalue weighted by Crippen LogP contribution is 2.32. The van der Waals surface area contributed by atoms with Gasteiger partial charge >= 0.3 is 0 Å². The minimum atomic E-state index is -0.251. The van der Waals surface area contributed by atoms with E-state index in [-0.39, 0.29) is 23.6 Å². The van der Waals surface area contributed by atoms with Crippen LogP contribution in [0, 0.1) is 5.92 Å². The van der Waals surface area contributed by atoms with Crippen LogP contribution in [0.4, 0.5) is 10.1 Å². The van der Waals surface area contributed by atoms with Gasteiger partial charge in [-0.1, -0.05) is 24.3 Å². The van der Waals surface area contributed by atoms with Gasteiger partial charge in [0.1, 0.15) is 0 Å². The van der Waals surface area contributed by atoms with Crippen LogP contribution in [0.1, 0.15) is 35.0 Å². The van der Waals surface area contributed by atoms with E-state index in [1.807, 2.05) is 29.6 Å². The number of hydrogen-bond donors (Lipinski definition) is 3. The molecule has 0 bridgehead atoms. The molecular formula is C21H20N4O3S2. The van der Waals surface area contributed by atoms with Gasteiger partial charge in [0.05, 0.1) is 15.6 Å². The highest BCUT2D eigenvalue weighted by atomic mass is 32.1. The molecule has 3 aromatic rings. The highest BCUT2D eigenvalue weighted by Gasteiger charge is 2.29. The predicted molar refractivity (Wildman–Crippen MR) is 119 cm³/mol. The molecule has 3 amide bonds. The normalized spacial score (nSPS) is 13.0. The maximum absolute atomic E-state index is 12.5. The molecule has 4 rings (SSSR count). The van der Waals surface area contributed by atoms with Crippen molar-refractivity contribution in [2.24, 2.45) is 5.92 Å². The SMILES string of the molecule is CC(=O)NCc1ccc(-c2csc(NC(=O)c3ccc(NC(=O)C4CC4)s3)n2)cc1. The second-order valence-corrected chi connectivity index (χ2v) is 8.97. The van der Waals surface area contributed by atoms with Gasteiger partial charge in [-0.15, -0.1) is 22.7 Å². The molecule has 0 radical (unpaired) electrons. The van der Waals surface area contributed by atoms with Crippen molar-refractivity contribution < 1.29 is 14.4 Å². The predicted octanol–water partition coefficient (Wildman–Crippen LogP) is 4.11. The molecule has 1 aliphatic rings. The number of thiazole rings is 1. The van der Waals surface area contributed by atoms with Crippen LogP contribution in [0.5, 0.6) is 0 Å². The molecule has 1 saturated carbocycles. The number of carbonyl (C=O) groups excluding carboxylic acids is 3. The Bertz CT molecular complexity index is 1080. The number of nitrogens with zero attached hydrogens (tertiary/aromatic N) is 1. The van der Waals surface area contributed by atoms with Crippen molar-refractivity contribution in [2.45, 2.75) is 26.3 Å². The summed E-state index contributed by atoms with van der Waals surface area (Å²) in [5, 5.41) is 11.5. The Balaban J connectivity index is 1.36. The Hall–Kier alpha value is -3.04. The van der Waals surface area contributed by atoms with Crippen LogP contribution in [0.15, 0.2) is 41.8 Å². The van der Waals surface area contributed by atoms with E-state index in [4.69, 9.17) is 0 Å². The molecule has 154 valence electrons. The number of hydrogen-bond acceptors (Lipinski definition) is 6. The molecule has 1 aromatic carbocycles. The third-order valence-corrected chi connectivity index (χ3v) is 6.30. The summed E-state index contributed by atoms with van der Waals surface area (Å²) in [6, 6.07) is 11.2. The summed E-state index contributed by atoms with van der Waals surface area (Å²) in [7, 11) is 0. The summed E-state index contributed by atoms with van der Waals surface area (Å²) in [5.74, 6) is -0.172. The molecule has 0 saturated heterocycles. The first-order valence-electron chi connectivity index (χ1n) is 9.49. The fourth-order valence-electron chi connectivity index (χ4n) is 2.74. The molecule has 9 heteroatoms. The van der Waals surface area contributed by atoms with Crippen molar-refractivity contribution in [3.63, 3.8) is 0 Å². The molecule has 1 aliphatic carbocycles. The Morgan fingerprint density at radius 3 is 2.53 bits per heavy atom. The van der Waals surface area contributed by atoms with Crippen LogP contribution in [0.3, 0.4) is 0 Å². The van der Waals surface area contributed by atoms with Crippen molar-refractivity contribution in [3.05, 3.63) is 52.2 Å². The summed E-state index contributed by atoms with van der Waals surface area (Å²) in [6.07, 6.45) is 1.88. The number of carbonyl (C=O) groups is 3. The lowest BCUT2D eigenvalue weighted by atomic mass is 10.1. The van der Waals surface area contributed by atoms with Crippen LogP contribution in [0.2, 0.25) is 0 Å². The quantitative estimate of drug-likeness (QED) is 0.515. The van der Waals surface area contributed by atoms with E-state index in [9.17, 15) is 14.4 Å². The first kappa shape index (κ1) is 20.2. The van der Waals surface area contributed by atoms with Crippen LogP contribution in [0.25, 0.3) is 11.3 Å². The van der Waals surface area contributed by atoms with Gasteiger partial charge in [0, 0.05) is 30.3 Å². The van der Waals surface area contributed by atoms with Gasteiger partial charge < -0.3 is 10.6 Å². The Morgan fingerprint density at radius 2 is 1.83 bits per heavy atom. The fraction of sp³-hybridized carbons (Fsp3) is 0.238. The molecule has 7 nitrogen and oxygen atoms in total. The number of thiophene rings is 1. The zero-order chi connectivity index (χ0) is 21.1. The zero-order valence-electron chi connectivity index (χ0n) is 16.2. The van der Waals surface area contributed by atoms with Gasteiger partial charge in [0.15, 0.2) is 5.13 Å². The molecule has 3 N–H and O–H groups in total. The number of benzene rings is 1. The van der Waals surface area contributed by atoms with E-state index in [1.165, 1.54) is 29.6 Å². The summed E-state index contributed by atoms with van der Waals surface area (Å²) in [5.41, 5.74) is 2.70. The number of anilines is 2. The Labute approximate surface area is 181 Å². The van der Waals surface area contributed by atoms with Gasteiger partial charge in [0.25, 0.3) is 5.91 Å². The van der Waals surface area contributed by atoms with Gasteiger partial charge in [-0.05, 0) is 30.5 Å². The first-order chi connectivity index (χ1) is 14.5. The molecule has 30 heavy (non-hydrogen) atoms. The second kappa shape index (κ2) is 8.76. The zero-order valence-corrected chi connectivity index (χ0v) is 17.9. The summed E-state index contributed by atoms with van der Waals surface area (Å²) < 4.78 is 0. The van der Waals surface area contributed by atoms with E-state index in [0.717, 1.165) is 29.7 Å². The summed E-state index contributed by atoms with van der Waals surface area (Å²) in [6.45, 7) is 1.97. The van der Waals surface area contributed by atoms with Crippen LogP contribution in [-0.4, -0.2) is 22.7 Å². The second-order valence-electron chi connectivity index (χ2n) is 7.03. The van der Waals surface area contributed by atoms with Crippen LogP contribution in [-0.2, 0) is 16.1 Å². The van der Waals surface area contributed by atoms with Crippen molar-refractivity contribution >= 4 is 50.5 Å². The maximum Gasteiger partial charge on any atom is 0.267 e. The van der Waals surface area contributed by atoms with Crippen LogP contribution < -0.4 is 16.0 Å². The van der Waals surface area contributed by atoms with E-state index in [1.54, 1.807) is 12.1 Å². The van der Waals surface area contributed by atoms with Crippen molar-refractivity contribution in [3.8, 4) is 11.3 Å². The highest BCUT2D eigenvalue weighted by molar-refractivity contribution is 7.18. The lowest BCUT2D eigenvalue weighted by molar-refractivity contribution is -0.119. The standard InChI is InChI=1S/C21H20N4O3S2/c1-12(26)22-10-13-2-4-14(5-3-13)16-11-29-21(23-16)25-20(28)17-8-9-18(30-17)24-19(27)15-6-7-15/h2-5,8-9,11,15H,6-7,10H2,1H3,(H,22,26)(H,24,27)(H,23,25,28). The lowest BCUT2D eigenvalue weighted by Crippen LogP contribution is -2.18. The Morgan fingerprint density at radius 1 is 1.07 bits per heavy atom. The first-order valence-corrected chi connectivity index (χ1v) is 11.2. The van der Waals surface area contributed by atoms with E-state index in [2.05, 4.69) is 20.9 Å². The third kappa shape index (κ3) is 5.11. The van der Waals surface area contributed by atoms with E-state index >= 15 is 0 Å². The maximum atomic E-state index is 12.5. The average Bonchev–Trinajstić information content (AvgIpc) is 3.31. The number of amides is 3. The van der Waals surface area contributed by atoms with Gasteiger partial charge in [0.2, 0.25) is 11.8 Å². The molecular weight excluding hydrogens is 420 g/mol. The van der Waals surface area contributed by atoms with E-state index in [0.29, 0.717) is 21.6 Å². The fourth-order valence-corrected chi connectivity index (χ4v) is 4.26. The molecule has 0 aliphatic heterocycles. The van der Waals surface area contributed by atoms with Crippen molar-refractivity contribution in [1.82, 2.24) is 10.3 Å². The average molecular weight is 441 g/mol. The third-order valence-electron chi connectivity index (χ3n) is 4.54. The summed E-state index contributed by atoms with van der Waals surface area (Å²) >= 11 is 2.60. The smallest absolute Gasteiger partial charge is 0.267 e. The van der Waals surface area contributed by atoms with Gasteiger partial charge in [-0.25, -0.2) is 4.98 Å². The van der Waals surface area contributed by atoms with Crippen molar-refractivity contribution in [2.75, 3.05) is 10.6 Å². The number of rotatable bonds is 7. The molecule has 2 heterocycles. The molecule has 0 spiro atoms. The topological polar surface area (TPSA) is 100 Å². The summed E-state index contributed by atoms with van der Waals surface area (Å²) in [4.78, 5) is 40.3. The minimum absolute atomic E-state index is 0.0245. The number of aromatic nitrogens is 1. The van der Waals surface area contributed by atoms with Crippen LogP contribution >= 0.6 is 22.7 Å². The Kier molecular flexibility index (Phi) is 5.91. The largest absolute Gasteiger partial charge is 0.352 e. The van der Waals surface area contributed by atoms with E-state index < -0.39 is 0 Å². The molecule has 0 unspecified atom stereocenters. The molecule has 2 aromatic heterocycles. The molecule has 1 fully saturated rings.